The summed E-state index contributed by atoms with van der Waals surface area (Å²) in [5.74, 6) is 0.330. The zero-order valence-corrected chi connectivity index (χ0v) is 7.88. The van der Waals surface area contributed by atoms with Crippen molar-refractivity contribution in [3.63, 3.8) is 0 Å². The van der Waals surface area contributed by atoms with Crippen LogP contribution in [0.4, 0.5) is 4.39 Å². The minimum Gasteiger partial charge on any atom is -0.463 e. The lowest BCUT2D eigenvalue weighted by molar-refractivity contribution is 0.191. The molecule has 1 aromatic rings. The van der Waals surface area contributed by atoms with Crippen LogP contribution < -0.4 is 4.74 Å². The minimum absolute atomic E-state index is 0.0399. The maximum Gasteiger partial charge on any atom is 0.417 e. The van der Waals surface area contributed by atoms with E-state index in [-0.39, 0.29) is 6.61 Å². The van der Waals surface area contributed by atoms with Gasteiger partial charge in [0.1, 0.15) is 12.4 Å². The highest BCUT2D eigenvalue weighted by Gasteiger charge is 2.03. The van der Waals surface area contributed by atoms with Crippen molar-refractivity contribution < 1.29 is 18.7 Å². The number of halogens is 2. The van der Waals surface area contributed by atoms with Crippen LogP contribution in [-0.4, -0.2) is 13.3 Å². The lowest BCUT2D eigenvalue weighted by Crippen LogP contribution is -1.94. The van der Waals surface area contributed by atoms with Crippen LogP contribution in [0.5, 0.6) is 5.75 Å². The number of rotatable bonds is 5. The summed E-state index contributed by atoms with van der Waals surface area (Å²) < 4.78 is 20.7. The topological polar surface area (TPSA) is 35.5 Å². The van der Waals surface area contributed by atoms with Gasteiger partial charge < -0.3 is 9.47 Å². The van der Waals surface area contributed by atoms with Crippen molar-refractivity contribution in [1.82, 2.24) is 0 Å². The van der Waals surface area contributed by atoms with E-state index >= 15 is 0 Å². The molecule has 0 N–H and O–H groups in total. The Labute approximate surface area is 85.4 Å². The van der Waals surface area contributed by atoms with E-state index in [1.54, 1.807) is 6.07 Å². The van der Waals surface area contributed by atoms with Crippen LogP contribution >= 0.6 is 11.6 Å². The first-order valence-electron chi connectivity index (χ1n) is 3.74. The summed E-state index contributed by atoms with van der Waals surface area (Å²) in [6.07, 6.45) is 0. The molecular formula is C9H7ClFO3. The van der Waals surface area contributed by atoms with E-state index < -0.39 is 6.86 Å². The van der Waals surface area contributed by atoms with Gasteiger partial charge in [-0.3, -0.25) is 0 Å². The lowest BCUT2D eigenvalue weighted by Gasteiger charge is -2.05. The van der Waals surface area contributed by atoms with Gasteiger partial charge in [-0.05, 0) is 12.1 Å². The van der Waals surface area contributed by atoms with Crippen molar-refractivity contribution >= 4 is 18.1 Å². The number of carbonyl (C=O) groups excluding carboxylic acids is 1. The molecule has 0 saturated heterocycles. The van der Waals surface area contributed by atoms with Gasteiger partial charge in [0, 0.05) is 5.56 Å². The first kappa shape index (κ1) is 10.8. The summed E-state index contributed by atoms with van der Waals surface area (Å²) in [6, 6.07) is 4.57. The summed E-state index contributed by atoms with van der Waals surface area (Å²) in [4.78, 5) is 9.79. The fourth-order valence-corrected chi connectivity index (χ4v) is 1.13. The first-order valence-corrected chi connectivity index (χ1v) is 4.12. The highest BCUT2D eigenvalue weighted by atomic mass is 35.5. The lowest BCUT2D eigenvalue weighted by atomic mass is 10.2. The van der Waals surface area contributed by atoms with Crippen LogP contribution in [0, 0.1) is 0 Å². The largest absolute Gasteiger partial charge is 0.463 e. The fourth-order valence-electron chi connectivity index (χ4n) is 0.905. The highest BCUT2D eigenvalue weighted by molar-refractivity contribution is 6.31. The summed E-state index contributed by atoms with van der Waals surface area (Å²) in [5, 5.41) is 0.353. The molecule has 0 atom stereocenters. The number of alkyl halides is 1. The monoisotopic (exact) mass is 217 g/mol. The first-order chi connectivity index (χ1) is 6.77. The van der Waals surface area contributed by atoms with E-state index in [1.807, 2.05) is 0 Å². The van der Waals surface area contributed by atoms with E-state index in [4.69, 9.17) is 11.6 Å². The van der Waals surface area contributed by atoms with Gasteiger partial charge in [-0.15, -0.1) is 0 Å². The Morgan fingerprint density at radius 3 is 2.86 bits per heavy atom. The quantitative estimate of drug-likeness (QED) is 0.759. The van der Waals surface area contributed by atoms with E-state index in [1.165, 1.54) is 18.6 Å². The van der Waals surface area contributed by atoms with Crippen LogP contribution in [0.3, 0.4) is 0 Å². The molecule has 0 unspecified atom stereocenters. The van der Waals surface area contributed by atoms with Gasteiger partial charge in [-0.25, -0.2) is 9.18 Å². The molecule has 1 radical (unpaired) electrons. The second-order valence-electron chi connectivity index (χ2n) is 2.38. The molecule has 0 aliphatic rings. The van der Waals surface area contributed by atoms with E-state index in [9.17, 15) is 9.18 Å². The maximum atomic E-state index is 11.8. The zero-order chi connectivity index (χ0) is 10.4. The molecule has 5 heteroatoms. The van der Waals surface area contributed by atoms with E-state index in [0.717, 1.165) is 0 Å². The summed E-state index contributed by atoms with van der Waals surface area (Å²) >= 11 is 5.79. The fraction of sp³-hybridized carbons (Fsp3) is 0.222. The SMILES string of the molecule is O=[C]OCc1ccc(OCF)cc1Cl. The summed E-state index contributed by atoms with van der Waals surface area (Å²) in [6.45, 7) is 0.415. The van der Waals surface area contributed by atoms with Gasteiger partial charge in [0.2, 0.25) is 6.86 Å². The van der Waals surface area contributed by atoms with Gasteiger partial charge in [0.05, 0.1) is 5.02 Å². The molecule has 0 aliphatic carbocycles. The second kappa shape index (κ2) is 5.44. The Kier molecular flexibility index (Phi) is 4.19. The third-order valence-electron chi connectivity index (χ3n) is 1.53. The Balaban J connectivity index is 2.73. The summed E-state index contributed by atoms with van der Waals surface area (Å²) in [5.41, 5.74) is 0.612. The van der Waals surface area contributed by atoms with Crippen molar-refractivity contribution in [2.75, 3.05) is 6.86 Å². The van der Waals surface area contributed by atoms with Gasteiger partial charge >= 0.3 is 6.47 Å². The van der Waals surface area contributed by atoms with Crippen molar-refractivity contribution in [2.45, 2.75) is 6.61 Å². The molecule has 1 rings (SSSR count). The smallest absolute Gasteiger partial charge is 0.417 e. The second-order valence-corrected chi connectivity index (χ2v) is 2.79. The third-order valence-corrected chi connectivity index (χ3v) is 1.88. The number of hydrogen-bond donors (Lipinski definition) is 0. The van der Waals surface area contributed by atoms with Crippen LogP contribution in [0.15, 0.2) is 18.2 Å². The Morgan fingerprint density at radius 1 is 1.50 bits per heavy atom. The minimum atomic E-state index is -0.908. The van der Waals surface area contributed by atoms with Crippen LogP contribution in [0.2, 0.25) is 5.02 Å². The predicted molar refractivity (Wildman–Crippen MR) is 48.5 cm³/mol. The van der Waals surface area contributed by atoms with Gasteiger partial charge in [0.15, 0.2) is 0 Å². The molecule has 0 aromatic heterocycles. The van der Waals surface area contributed by atoms with Crippen molar-refractivity contribution in [3.05, 3.63) is 28.8 Å². The molecule has 0 saturated carbocycles. The zero-order valence-electron chi connectivity index (χ0n) is 7.13. The van der Waals surface area contributed by atoms with Crippen molar-refractivity contribution in [2.24, 2.45) is 0 Å². The Hall–Kier alpha value is -1.29. The molecule has 14 heavy (non-hydrogen) atoms. The molecule has 0 fully saturated rings. The predicted octanol–water partition coefficient (Wildman–Crippen LogP) is 2.23. The van der Waals surface area contributed by atoms with E-state index in [2.05, 4.69) is 9.47 Å². The van der Waals surface area contributed by atoms with Crippen LogP contribution in [0.1, 0.15) is 5.56 Å². The molecular weight excluding hydrogens is 211 g/mol. The van der Waals surface area contributed by atoms with Crippen molar-refractivity contribution in [1.29, 1.82) is 0 Å². The molecule has 1 aromatic carbocycles. The van der Waals surface area contributed by atoms with Crippen molar-refractivity contribution in [3.8, 4) is 5.75 Å². The molecule has 0 bridgehead atoms. The average molecular weight is 218 g/mol. The molecule has 0 spiro atoms. The van der Waals surface area contributed by atoms with Gasteiger partial charge in [-0.2, -0.15) is 0 Å². The Morgan fingerprint density at radius 2 is 2.29 bits per heavy atom. The molecule has 0 aliphatic heterocycles. The normalized spacial score (nSPS) is 9.57. The third kappa shape index (κ3) is 2.88. The Bertz CT molecular complexity index is 317. The number of hydrogen-bond acceptors (Lipinski definition) is 3. The van der Waals surface area contributed by atoms with Crippen LogP contribution in [-0.2, 0) is 16.1 Å². The van der Waals surface area contributed by atoms with Gasteiger partial charge in [0.25, 0.3) is 0 Å². The number of ether oxygens (including phenoxy) is 2. The molecule has 0 heterocycles. The molecule has 3 nitrogen and oxygen atoms in total. The molecule has 0 amide bonds. The standard InChI is InChI=1S/C9H7ClFO3/c10-9-3-8(14-5-11)2-1-7(9)4-13-6-12/h1-3H,4-5H2. The van der Waals surface area contributed by atoms with E-state index in [0.29, 0.717) is 16.3 Å². The van der Waals surface area contributed by atoms with Crippen LogP contribution in [0.25, 0.3) is 0 Å². The average Bonchev–Trinajstić information content (AvgIpc) is 2.17. The summed E-state index contributed by atoms with van der Waals surface area (Å²) in [7, 11) is 0. The number of benzene rings is 1. The van der Waals surface area contributed by atoms with Gasteiger partial charge in [-0.1, -0.05) is 17.7 Å². The maximum absolute atomic E-state index is 11.8. The molecule has 75 valence electrons. The highest BCUT2D eigenvalue weighted by Crippen LogP contribution is 2.23.